The van der Waals surface area contributed by atoms with Crippen LogP contribution < -0.4 is 18.5 Å². The summed E-state index contributed by atoms with van der Waals surface area (Å²) in [4.78, 5) is 24.4. The Hall–Kier alpha value is -4.28. The van der Waals surface area contributed by atoms with Gasteiger partial charge < -0.3 is 37.0 Å². The number of rotatable bonds is 18. The molecule has 2 saturated heterocycles. The Morgan fingerprint density at radius 3 is 1.02 bits per heavy atom. The van der Waals surface area contributed by atoms with E-state index in [0.717, 1.165) is 67.5 Å². The van der Waals surface area contributed by atoms with E-state index in [2.05, 4.69) is 234 Å². The van der Waals surface area contributed by atoms with Crippen molar-refractivity contribution in [3.8, 4) is 23.0 Å². The van der Waals surface area contributed by atoms with Gasteiger partial charge in [-0.15, -0.1) is 0 Å². The summed E-state index contributed by atoms with van der Waals surface area (Å²) in [6.45, 7) is 49.7. The molecule has 12 nitrogen and oxygen atoms in total. The van der Waals surface area contributed by atoms with E-state index >= 15 is 0 Å². The Labute approximate surface area is 490 Å². The maximum atomic E-state index is 12.2. The van der Waals surface area contributed by atoms with Crippen LogP contribution in [0.2, 0.25) is 0 Å². The van der Waals surface area contributed by atoms with E-state index in [1.807, 2.05) is 0 Å². The van der Waals surface area contributed by atoms with Crippen molar-refractivity contribution in [2.45, 2.75) is 241 Å². The number of nitrogens with zero attached hydrogens (tertiary/aromatic N) is 2. The summed E-state index contributed by atoms with van der Waals surface area (Å²) >= 11 is 0. The third kappa shape index (κ3) is 16.5. The van der Waals surface area contributed by atoms with Gasteiger partial charge in [-0.25, -0.2) is 9.34 Å². The normalized spacial score (nSPS) is 19.8. The minimum Gasteiger partial charge on any atom is -0.488 e. The molecule has 448 valence electrons. The molecule has 0 saturated carbocycles. The van der Waals surface area contributed by atoms with Gasteiger partial charge in [0.1, 0.15) is 47.4 Å². The molecule has 0 aromatic heterocycles. The molecule has 0 spiro atoms. The van der Waals surface area contributed by atoms with Gasteiger partial charge in [-0.05, 0) is 136 Å². The average Bonchev–Trinajstić information content (AvgIpc) is 4.00. The molecule has 14 heteroatoms. The Morgan fingerprint density at radius 2 is 0.778 bits per heavy atom. The van der Waals surface area contributed by atoms with Gasteiger partial charge in [0, 0.05) is 64.7 Å². The first-order chi connectivity index (χ1) is 37.2. The summed E-state index contributed by atoms with van der Waals surface area (Å²) in [5.74, 6) is 2.82. The van der Waals surface area contributed by atoms with E-state index in [1.165, 1.54) is 14.2 Å². The van der Waals surface area contributed by atoms with Gasteiger partial charge in [-0.1, -0.05) is 145 Å². The van der Waals surface area contributed by atoms with Crippen LogP contribution in [0.1, 0.15) is 210 Å². The highest BCUT2D eigenvalue weighted by Crippen LogP contribution is 2.58. The quantitative estimate of drug-likeness (QED) is 0.0698. The van der Waals surface area contributed by atoms with Crippen molar-refractivity contribution in [1.82, 2.24) is 9.34 Å². The number of aryl methyl sites for hydroxylation is 2. The Morgan fingerprint density at radius 1 is 0.494 bits per heavy atom. The molecule has 6 atom stereocenters. The van der Waals surface area contributed by atoms with Crippen molar-refractivity contribution < 1.29 is 46.6 Å². The SMILES string of the molecule is COC(=O)CCc1cc(C(C)(C)C)c(OP2OC(C(C)Oc3ccc(C(C)(C)c4ccc(OC(C)C5CN(C(C)(C)C)P(Oc6c(C(C)(C)C)cc(CCC(=O)OC)cc6C(C)(C)C)O5)cc4)cc3)CN2C(C)(C)C)c(C(C)(C)C)c1. The summed E-state index contributed by atoms with van der Waals surface area (Å²) in [5.41, 5.74) is 7.11. The Balaban J connectivity index is 1.14. The van der Waals surface area contributed by atoms with Crippen LogP contribution in [0.15, 0.2) is 72.8 Å². The van der Waals surface area contributed by atoms with Gasteiger partial charge in [0.25, 0.3) is 0 Å². The van der Waals surface area contributed by atoms with Crippen LogP contribution in [0.5, 0.6) is 23.0 Å². The zero-order chi connectivity index (χ0) is 60.6. The van der Waals surface area contributed by atoms with Gasteiger partial charge in [-0.2, -0.15) is 0 Å². The molecule has 2 heterocycles. The van der Waals surface area contributed by atoms with Gasteiger partial charge in [0.05, 0.1) is 14.2 Å². The predicted octanol–water partition coefficient (Wildman–Crippen LogP) is 16.6. The molecule has 2 aliphatic heterocycles. The molecule has 6 unspecified atom stereocenters. The smallest absolute Gasteiger partial charge is 0.322 e. The van der Waals surface area contributed by atoms with Crippen molar-refractivity contribution in [2.75, 3.05) is 27.3 Å². The number of ether oxygens (including phenoxy) is 4. The van der Waals surface area contributed by atoms with Crippen LogP contribution in [-0.2, 0) is 68.0 Å². The molecule has 2 aliphatic rings. The summed E-state index contributed by atoms with van der Waals surface area (Å²) in [6, 6.07) is 25.7. The Kier molecular flexibility index (Phi) is 20.4. The fraction of sp³-hybridized carbons (Fsp3) is 0.612. The second-order valence-corrected chi connectivity index (χ2v) is 31.7. The van der Waals surface area contributed by atoms with Gasteiger partial charge >= 0.3 is 29.0 Å². The highest BCUT2D eigenvalue weighted by atomic mass is 31.2. The van der Waals surface area contributed by atoms with Crippen LogP contribution in [0.4, 0.5) is 0 Å². The molecule has 81 heavy (non-hydrogen) atoms. The molecule has 4 aromatic carbocycles. The fourth-order valence-electron chi connectivity index (χ4n) is 10.1. The molecule has 6 rings (SSSR count). The lowest BCUT2D eigenvalue weighted by atomic mass is 9.78. The van der Waals surface area contributed by atoms with E-state index < -0.39 is 17.1 Å². The predicted molar refractivity (Wildman–Crippen MR) is 331 cm³/mol. The molecule has 0 amide bonds. The lowest BCUT2D eigenvalue weighted by Crippen LogP contribution is -2.40. The first-order valence-electron chi connectivity index (χ1n) is 29.1. The molecular formula is C67H100N2O10P2. The third-order valence-corrected chi connectivity index (χ3v) is 19.4. The number of carbonyl (C=O) groups excluding carboxylic acids is 2. The average molecular weight is 1160 g/mol. The molecule has 0 radical (unpaired) electrons. The number of methoxy groups -OCH3 is 2. The van der Waals surface area contributed by atoms with Gasteiger partial charge in [-0.3, -0.25) is 9.59 Å². The summed E-state index contributed by atoms with van der Waals surface area (Å²) in [5, 5.41) is 0. The zero-order valence-electron chi connectivity index (χ0n) is 53.9. The monoisotopic (exact) mass is 1150 g/mol. The molecular weight excluding hydrogens is 1050 g/mol. The number of benzene rings is 4. The summed E-state index contributed by atoms with van der Waals surface area (Å²) < 4.78 is 56.3. The largest absolute Gasteiger partial charge is 0.488 e. The number of hydrogen-bond donors (Lipinski definition) is 0. The van der Waals surface area contributed by atoms with Crippen molar-refractivity contribution in [1.29, 1.82) is 0 Å². The Bertz CT molecular complexity index is 2530. The van der Waals surface area contributed by atoms with Crippen molar-refractivity contribution in [3.05, 3.63) is 117 Å². The highest BCUT2D eigenvalue weighted by Gasteiger charge is 2.48. The lowest BCUT2D eigenvalue weighted by Gasteiger charge is -2.36. The highest BCUT2D eigenvalue weighted by molar-refractivity contribution is 7.45. The molecule has 2 fully saturated rings. The lowest BCUT2D eigenvalue weighted by molar-refractivity contribution is -0.141. The molecule has 0 aliphatic carbocycles. The fourth-order valence-corrected chi connectivity index (χ4v) is 13.9. The van der Waals surface area contributed by atoms with Crippen LogP contribution >= 0.6 is 17.1 Å². The van der Waals surface area contributed by atoms with Crippen LogP contribution in [0, 0.1) is 0 Å². The number of hydrogen-bond acceptors (Lipinski definition) is 12. The summed E-state index contributed by atoms with van der Waals surface area (Å²) in [7, 11) is -0.156. The van der Waals surface area contributed by atoms with E-state index in [-0.39, 0.29) is 74.5 Å². The number of esters is 2. The van der Waals surface area contributed by atoms with E-state index in [9.17, 15) is 9.59 Å². The first kappa shape index (κ1) is 65.9. The van der Waals surface area contributed by atoms with Crippen LogP contribution in [-0.4, -0.2) is 84.1 Å². The first-order valence-corrected chi connectivity index (χ1v) is 31.4. The van der Waals surface area contributed by atoms with Crippen molar-refractivity contribution in [3.63, 3.8) is 0 Å². The number of carbonyl (C=O) groups is 2. The third-order valence-electron chi connectivity index (χ3n) is 15.5. The second kappa shape index (κ2) is 25.1. The maximum absolute atomic E-state index is 12.2. The molecule has 0 bridgehead atoms. The zero-order valence-corrected chi connectivity index (χ0v) is 55.6. The van der Waals surface area contributed by atoms with E-state index in [4.69, 9.17) is 37.0 Å². The second-order valence-electron chi connectivity index (χ2n) is 29.0. The minimum atomic E-state index is -1.51. The van der Waals surface area contributed by atoms with Crippen LogP contribution in [0.3, 0.4) is 0 Å². The maximum Gasteiger partial charge on any atom is 0.322 e. The van der Waals surface area contributed by atoms with E-state index in [0.29, 0.717) is 38.8 Å². The minimum absolute atomic E-state index is 0.220. The van der Waals surface area contributed by atoms with Gasteiger partial charge in [0.15, 0.2) is 0 Å². The van der Waals surface area contributed by atoms with Crippen LogP contribution in [0.25, 0.3) is 0 Å². The van der Waals surface area contributed by atoms with E-state index in [1.54, 1.807) is 0 Å². The molecule has 4 aromatic rings. The van der Waals surface area contributed by atoms with Crippen molar-refractivity contribution in [2.24, 2.45) is 0 Å². The van der Waals surface area contributed by atoms with Crippen molar-refractivity contribution >= 4 is 29.0 Å². The topological polar surface area (TPSA) is 114 Å². The van der Waals surface area contributed by atoms with Gasteiger partial charge in [0.2, 0.25) is 0 Å². The molecule has 0 N–H and O–H groups in total. The standard InChI is InChI=1S/C67H100N2O10P2/c1-43(55-41-68(65(15,16)17)80(76-55)78-59-51(61(3,4)5)37-45(25-35-57(70)72-23)38-52(59)62(6,7)8)74-49-31-27-47(28-32-49)67(21,22)48-29-33-50(34-30-48)75-44(2)56-42-69(66(18,19)20)81(77-56)79-60-53(63(9,10)11)39-46(26-36-58(71)73-24)40-54(60)64(12,13)14/h27-34,37-40,43-44,55-56H,25-26,35-36,41-42H2,1-24H3. The summed E-state index contributed by atoms with van der Waals surface area (Å²) in [6.07, 6.45) is 0.804.